The maximum atomic E-state index is 12.5. The number of amidine groups is 1. The van der Waals surface area contributed by atoms with Crippen LogP contribution in [0, 0.1) is 5.92 Å². The van der Waals surface area contributed by atoms with Crippen molar-refractivity contribution in [1.29, 1.82) is 0 Å². The van der Waals surface area contributed by atoms with Crippen molar-refractivity contribution in [3.05, 3.63) is 10.6 Å². The standard InChI is InChI=1S/C12H19N5O2S/c1-7(2)9-10(20-16-14-9)12(18)17-5-3-8(4-6-17)11(13)15-19/h7-8,19H,3-6H2,1-2H3,(H2,13,15). The molecule has 0 aliphatic carbocycles. The number of nitrogens with zero attached hydrogens (tertiary/aromatic N) is 4. The fraction of sp³-hybridized carbons (Fsp3) is 0.667. The largest absolute Gasteiger partial charge is 0.409 e. The summed E-state index contributed by atoms with van der Waals surface area (Å²) in [5.74, 6) is 0.469. The molecule has 1 aromatic rings. The molecule has 20 heavy (non-hydrogen) atoms. The highest BCUT2D eigenvalue weighted by atomic mass is 32.1. The molecule has 0 saturated carbocycles. The highest BCUT2D eigenvalue weighted by Gasteiger charge is 2.29. The number of piperidine rings is 1. The summed E-state index contributed by atoms with van der Waals surface area (Å²) >= 11 is 1.15. The van der Waals surface area contributed by atoms with Gasteiger partial charge >= 0.3 is 0 Å². The summed E-state index contributed by atoms with van der Waals surface area (Å²) in [6.45, 7) is 5.21. The normalized spacial score (nSPS) is 17.8. The molecule has 1 saturated heterocycles. The van der Waals surface area contributed by atoms with Crippen LogP contribution in [0.15, 0.2) is 5.16 Å². The molecule has 0 spiro atoms. The molecule has 3 N–H and O–H groups in total. The van der Waals surface area contributed by atoms with Crippen LogP contribution in [0.5, 0.6) is 0 Å². The lowest BCUT2D eigenvalue weighted by molar-refractivity contribution is 0.0712. The highest BCUT2D eigenvalue weighted by Crippen LogP contribution is 2.24. The van der Waals surface area contributed by atoms with E-state index in [0.717, 1.165) is 17.2 Å². The first-order valence-corrected chi connectivity index (χ1v) is 7.40. The Balaban J connectivity index is 2.03. The van der Waals surface area contributed by atoms with Crippen molar-refractivity contribution in [2.45, 2.75) is 32.6 Å². The summed E-state index contributed by atoms with van der Waals surface area (Å²) in [6.07, 6.45) is 1.43. The van der Waals surface area contributed by atoms with Crippen molar-refractivity contribution in [1.82, 2.24) is 14.5 Å². The number of hydrogen-bond donors (Lipinski definition) is 2. The van der Waals surface area contributed by atoms with Crippen LogP contribution in [-0.4, -0.2) is 44.5 Å². The van der Waals surface area contributed by atoms with E-state index in [9.17, 15) is 4.79 Å². The molecule has 8 heteroatoms. The Kier molecular flexibility index (Phi) is 4.53. The maximum Gasteiger partial charge on any atom is 0.267 e. The number of carbonyl (C=O) groups is 1. The third-order valence-corrected chi connectivity index (χ3v) is 4.30. The topological polar surface area (TPSA) is 105 Å². The Morgan fingerprint density at radius 2 is 2.15 bits per heavy atom. The van der Waals surface area contributed by atoms with E-state index < -0.39 is 0 Å². The predicted octanol–water partition coefficient (Wildman–Crippen LogP) is 1.26. The minimum absolute atomic E-state index is 0.0124. The first-order valence-electron chi connectivity index (χ1n) is 6.63. The molecule has 0 bridgehead atoms. The fourth-order valence-electron chi connectivity index (χ4n) is 2.33. The van der Waals surface area contributed by atoms with Crippen LogP contribution in [0.25, 0.3) is 0 Å². The van der Waals surface area contributed by atoms with Crippen molar-refractivity contribution >= 4 is 23.3 Å². The Morgan fingerprint density at radius 3 is 2.70 bits per heavy atom. The van der Waals surface area contributed by atoms with Gasteiger partial charge in [0, 0.05) is 19.0 Å². The van der Waals surface area contributed by atoms with E-state index in [0.29, 0.717) is 30.8 Å². The SMILES string of the molecule is CC(C)c1nnsc1C(=O)N1CCC(C(N)=NO)CC1. The quantitative estimate of drug-likeness (QED) is 0.378. The van der Waals surface area contributed by atoms with Gasteiger partial charge in [-0.3, -0.25) is 4.79 Å². The molecule has 0 radical (unpaired) electrons. The summed E-state index contributed by atoms with van der Waals surface area (Å²) < 4.78 is 3.89. The van der Waals surface area contributed by atoms with Gasteiger partial charge in [0.05, 0.1) is 5.69 Å². The van der Waals surface area contributed by atoms with Gasteiger partial charge in [0.2, 0.25) is 0 Å². The Hall–Kier alpha value is -1.70. The van der Waals surface area contributed by atoms with Crippen LogP contribution in [0.2, 0.25) is 0 Å². The average molecular weight is 297 g/mol. The molecule has 0 aromatic carbocycles. The predicted molar refractivity (Wildman–Crippen MR) is 76.0 cm³/mol. The van der Waals surface area contributed by atoms with Gasteiger partial charge in [-0.15, -0.1) is 5.10 Å². The minimum atomic E-state index is -0.0124. The molecule has 1 fully saturated rings. The molecule has 0 atom stereocenters. The zero-order valence-electron chi connectivity index (χ0n) is 11.6. The van der Waals surface area contributed by atoms with Crippen LogP contribution in [0.1, 0.15) is 48.0 Å². The zero-order chi connectivity index (χ0) is 14.7. The van der Waals surface area contributed by atoms with Gasteiger partial charge in [0.15, 0.2) is 0 Å². The highest BCUT2D eigenvalue weighted by molar-refractivity contribution is 7.08. The lowest BCUT2D eigenvalue weighted by Crippen LogP contribution is -2.41. The summed E-state index contributed by atoms with van der Waals surface area (Å²) in [5.41, 5.74) is 6.37. The summed E-state index contributed by atoms with van der Waals surface area (Å²) in [5, 5.41) is 15.8. The van der Waals surface area contributed by atoms with Gasteiger partial charge < -0.3 is 15.8 Å². The lowest BCUT2D eigenvalue weighted by Gasteiger charge is -2.31. The van der Waals surface area contributed by atoms with Crippen LogP contribution < -0.4 is 5.73 Å². The van der Waals surface area contributed by atoms with Gasteiger partial charge in [-0.1, -0.05) is 23.5 Å². The number of rotatable bonds is 3. The molecule has 0 unspecified atom stereocenters. The molecule has 1 aliphatic heterocycles. The fourth-order valence-corrected chi connectivity index (χ4v) is 3.11. The Labute approximate surface area is 121 Å². The maximum absolute atomic E-state index is 12.5. The van der Waals surface area contributed by atoms with Gasteiger partial charge in [-0.2, -0.15) is 0 Å². The van der Waals surface area contributed by atoms with Crippen LogP contribution in [-0.2, 0) is 0 Å². The molecular weight excluding hydrogens is 278 g/mol. The molecule has 110 valence electrons. The summed E-state index contributed by atoms with van der Waals surface area (Å²) in [7, 11) is 0. The van der Waals surface area contributed by atoms with E-state index in [4.69, 9.17) is 10.9 Å². The first-order chi connectivity index (χ1) is 9.54. The van der Waals surface area contributed by atoms with E-state index in [1.807, 2.05) is 13.8 Å². The second-order valence-electron chi connectivity index (χ2n) is 5.23. The number of nitrogens with two attached hydrogens (primary N) is 1. The number of likely N-dealkylation sites (tertiary alicyclic amines) is 1. The first kappa shape index (κ1) is 14.7. The second-order valence-corrected chi connectivity index (χ2v) is 5.99. The van der Waals surface area contributed by atoms with E-state index in [2.05, 4.69) is 14.7 Å². The molecule has 2 rings (SSSR count). The second kappa shape index (κ2) is 6.17. The van der Waals surface area contributed by atoms with Gasteiger partial charge in [0.1, 0.15) is 10.7 Å². The zero-order valence-corrected chi connectivity index (χ0v) is 12.4. The van der Waals surface area contributed by atoms with Gasteiger partial charge in [-0.25, -0.2) is 0 Å². The Morgan fingerprint density at radius 1 is 1.50 bits per heavy atom. The smallest absolute Gasteiger partial charge is 0.267 e. The van der Waals surface area contributed by atoms with Gasteiger partial charge in [-0.05, 0) is 30.3 Å². The molecular formula is C12H19N5O2S. The third-order valence-electron chi connectivity index (χ3n) is 3.57. The molecule has 2 heterocycles. The number of amides is 1. The number of hydrogen-bond acceptors (Lipinski definition) is 6. The van der Waals surface area contributed by atoms with Crippen molar-refractivity contribution in [2.24, 2.45) is 16.8 Å². The molecule has 1 aliphatic rings. The number of oxime groups is 1. The molecule has 1 amide bonds. The third kappa shape index (κ3) is 2.90. The van der Waals surface area contributed by atoms with E-state index in [-0.39, 0.29) is 23.6 Å². The Bertz CT molecular complexity index is 506. The summed E-state index contributed by atoms with van der Waals surface area (Å²) in [6, 6.07) is 0. The van der Waals surface area contributed by atoms with Crippen LogP contribution in [0.4, 0.5) is 0 Å². The monoisotopic (exact) mass is 297 g/mol. The van der Waals surface area contributed by atoms with Crippen LogP contribution >= 0.6 is 11.5 Å². The van der Waals surface area contributed by atoms with E-state index in [1.165, 1.54) is 0 Å². The van der Waals surface area contributed by atoms with E-state index >= 15 is 0 Å². The van der Waals surface area contributed by atoms with Crippen molar-refractivity contribution in [3.63, 3.8) is 0 Å². The average Bonchev–Trinajstić information content (AvgIpc) is 2.95. The molecule has 7 nitrogen and oxygen atoms in total. The van der Waals surface area contributed by atoms with Crippen molar-refractivity contribution in [2.75, 3.05) is 13.1 Å². The van der Waals surface area contributed by atoms with Gasteiger partial charge in [0.25, 0.3) is 5.91 Å². The van der Waals surface area contributed by atoms with Crippen molar-refractivity contribution < 1.29 is 10.0 Å². The number of aromatic nitrogens is 2. The lowest BCUT2D eigenvalue weighted by atomic mass is 9.95. The van der Waals surface area contributed by atoms with E-state index in [1.54, 1.807) is 4.90 Å². The van der Waals surface area contributed by atoms with Crippen LogP contribution in [0.3, 0.4) is 0 Å². The number of carbonyl (C=O) groups excluding carboxylic acids is 1. The summed E-state index contributed by atoms with van der Waals surface area (Å²) in [4.78, 5) is 14.9. The van der Waals surface area contributed by atoms with Crippen molar-refractivity contribution in [3.8, 4) is 0 Å². The minimum Gasteiger partial charge on any atom is -0.409 e. The molecule has 1 aromatic heterocycles.